The Morgan fingerprint density at radius 2 is 2.16 bits per heavy atom. The van der Waals surface area contributed by atoms with Gasteiger partial charge < -0.3 is 0 Å². The second-order valence-electron chi connectivity index (χ2n) is 3.71. The number of carbonyl (C=O) groups excluding carboxylic acids is 1. The average molecular weight is 314 g/mol. The third-order valence-electron chi connectivity index (χ3n) is 2.16. The van der Waals surface area contributed by atoms with Gasteiger partial charge in [-0.25, -0.2) is 0 Å². The molecule has 2 aromatic rings. The van der Waals surface area contributed by atoms with Crippen LogP contribution in [0.15, 0.2) is 35.2 Å². The van der Waals surface area contributed by atoms with Crippen LogP contribution in [-0.4, -0.2) is 21.5 Å². The van der Waals surface area contributed by atoms with Gasteiger partial charge in [0.05, 0.1) is 5.75 Å². The molecule has 0 bridgehead atoms. The molecule has 1 aromatic carbocycles. The molecule has 2 rings (SSSR count). The molecule has 19 heavy (non-hydrogen) atoms. The van der Waals surface area contributed by atoms with Crippen molar-refractivity contribution < 1.29 is 4.79 Å². The van der Waals surface area contributed by atoms with Gasteiger partial charge in [0.1, 0.15) is 10.4 Å². The van der Waals surface area contributed by atoms with Gasteiger partial charge in [-0.1, -0.05) is 29.5 Å². The summed E-state index contributed by atoms with van der Waals surface area (Å²) in [6.45, 7) is 1.62. The lowest BCUT2D eigenvalue weighted by atomic mass is 10.4. The van der Waals surface area contributed by atoms with Gasteiger partial charge in [0, 0.05) is 4.90 Å². The summed E-state index contributed by atoms with van der Waals surface area (Å²) in [7, 11) is 0. The maximum absolute atomic E-state index is 11.4. The Labute approximate surface area is 124 Å². The van der Waals surface area contributed by atoms with Gasteiger partial charge in [-0.15, -0.1) is 33.6 Å². The molecule has 4 nitrogen and oxygen atoms in total. The van der Waals surface area contributed by atoms with Crippen molar-refractivity contribution in [3.63, 3.8) is 0 Å². The standard InChI is InChI=1S/C12H12ClN3OS2/c1-8(13)11(17)14-12-16-15-10(19-12)7-18-9-5-3-2-4-6-9/h2-6,8H,7H2,1H3,(H,14,16,17)/t8-/m1/s1. The molecule has 0 aliphatic carbocycles. The molecule has 7 heteroatoms. The normalized spacial score (nSPS) is 12.1. The van der Waals surface area contributed by atoms with Crippen molar-refractivity contribution in [3.05, 3.63) is 35.3 Å². The Hall–Kier alpha value is -1.11. The minimum absolute atomic E-state index is 0.264. The van der Waals surface area contributed by atoms with Gasteiger partial charge in [0.25, 0.3) is 0 Å². The molecule has 1 amide bonds. The lowest BCUT2D eigenvalue weighted by Crippen LogP contribution is -2.20. The van der Waals surface area contributed by atoms with E-state index in [-0.39, 0.29) is 5.91 Å². The number of carbonyl (C=O) groups is 1. The summed E-state index contributed by atoms with van der Waals surface area (Å²) in [5.41, 5.74) is 0. The third kappa shape index (κ3) is 4.49. The number of aromatic nitrogens is 2. The van der Waals surface area contributed by atoms with E-state index < -0.39 is 5.38 Å². The van der Waals surface area contributed by atoms with Crippen LogP contribution < -0.4 is 5.32 Å². The van der Waals surface area contributed by atoms with E-state index in [0.29, 0.717) is 5.13 Å². The predicted molar refractivity (Wildman–Crippen MR) is 79.9 cm³/mol. The number of rotatable bonds is 5. The lowest BCUT2D eigenvalue weighted by Gasteiger charge is -2.00. The SMILES string of the molecule is C[C@@H](Cl)C(=O)Nc1nnc(CSc2ccccc2)s1. The number of halogens is 1. The second kappa shape index (κ2) is 6.88. The summed E-state index contributed by atoms with van der Waals surface area (Å²) >= 11 is 8.71. The summed E-state index contributed by atoms with van der Waals surface area (Å²) in [5, 5.41) is 11.4. The second-order valence-corrected chi connectivity index (χ2v) is 6.47. The molecule has 0 aliphatic heterocycles. The summed E-state index contributed by atoms with van der Waals surface area (Å²) in [5.74, 6) is 0.466. The summed E-state index contributed by atoms with van der Waals surface area (Å²) < 4.78 is 0. The Kier molecular flexibility index (Phi) is 5.18. The molecule has 0 unspecified atom stereocenters. The number of anilines is 1. The quantitative estimate of drug-likeness (QED) is 0.679. The van der Waals surface area contributed by atoms with E-state index in [0.717, 1.165) is 10.8 Å². The van der Waals surface area contributed by atoms with Gasteiger partial charge >= 0.3 is 0 Å². The molecule has 0 saturated heterocycles. The van der Waals surface area contributed by atoms with E-state index in [9.17, 15) is 4.79 Å². The summed E-state index contributed by atoms with van der Waals surface area (Å²) in [4.78, 5) is 12.6. The number of nitrogens with zero attached hydrogens (tertiary/aromatic N) is 2. The smallest absolute Gasteiger partial charge is 0.243 e. The van der Waals surface area contributed by atoms with Crippen molar-refractivity contribution in [3.8, 4) is 0 Å². The zero-order valence-corrected chi connectivity index (χ0v) is 12.6. The first kappa shape index (κ1) is 14.3. The maximum Gasteiger partial charge on any atom is 0.243 e. The zero-order valence-electron chi connectivity index (χ0n) is 10.2. The first-order valence-electron chi connectivity index (χ1n) is 5.60. The highest BCUT2D eigenvalue weighted by Crippen LogP contribution is 2.25. The van der Waals surface area contributed by atoms with Crippen molar-refractivity contribution in [2.24, 2.45) is 0 Å². The molecule has 0 aliphatic rings. The summed E-state index contributed by atoms with van der Waals surface area (Å²) in [6.07, 6.45) is 0. The minimum Gasteiger partial charge on any atom is -0.299 e. The zero-order chi connectivity index (χ0) is 13.7. The van der Waals surface area contributed by atoms with E-state index in [1.807, 2.05) is 30.3 Å². The Bertz CT molecular complexity index is 545. The van der Waals surface area contributed by atoms with Gasteiger partial charge in [-0.05, 0) is 19.1 Å². The number of thioether (sulfide) groups is 1. The molecular formula is C12H12ClN3OS2. The molecule has 1 aromatic heterocycles. The van der Waals surface area contributed by atoms with E-state index >= 15 is 0 Å². The van der Waals surface area contributed by atoms with Gasteiger partial charge in [0.15, 0.2) is 0 Å². The first-order valence-corrected chi connectivity index (χ1v) is 7.84. The van der Waals surface area contributed by atoms with Crippen molar-refractivity contribution in [2.45, 2.75) is 22.9 Å². The molecule has 1 atom stereocenters. The molecule has 0 spiro atoms. The van der Waals surface area contributed by atoms with Gasteiger partial charge in [-0.3, -0.25) is 10.1 Å². The highest BCUT2D eigenvalue weighted by Gasteiger charge is 2.12. The van der Waals surface area contributed by atoms with Gasteiger partial charge in [-0.2, -0.15) is 0 Å². The topological polar surface area (TPSA) is 54.9 Å². The molecule has 1 heterocycles. The molecule has 0 fully saturated rings. The van der Waals surface area contributed by atoms with Crippen LogP contribution in [0.1, 0.15) is 11.9 Å². The first-order chi connectivity index (χ1) is 9.15. The number of benzene rings is 1. The van der Waals surface area contributed by atoms with Crippen LogP contribution in [0, 0.1) is 0 Å². The highest BCUT2D eigenvalue weighted by molar-refractivity contribution is 7.98. The van der Waals surface area contributed by atoms with Gasteiger partial charge in [0.2, 0.25) is 11.0 Å². The number of hydrogen-bond acceptors (Lipinski definition) is 5. The fraction of sp³-hybridized carbons (Fsp3) is 0.250. The van der Waals surface area contributed by atoms with E-state index in [1.165, 1.54) is 16.2 Å². The number of nitrogens with one attached hydrogen (secondary N) is 1. The molecule has 1 N–H and O–H groups in total. The highest BCUT2D eigenvalue weighted by atomic mass is 35.5. The Morgan fingerprint density at radius 1 is 1.42 bits per heavy atom. The van der Waals surface area contributed by atoms with Crippen LogP contribution in [0.25, 0.3) is 0 Å². The fourth-order valence-electron chi connectivity index (χ4n) is 1.23. The monoisotopic (exact) mass is 313 g/mol. The lowest BCUT2D eigenvalue weighted by molar-refractivity contribution is -0.115. The van der Waals surface area contributed by atoms with Crippen LogP contribution in [-0.2, 0) is 10.5 Å². The van der Waals surface area contributed by atoms with Crippen molar-refractivity contribution in [1.82, 2.24) is 10.2 Å². The number of hydrogen-bond donors (Lipinski definition) is 1. The van der Waals surface area contributed by atoms with Crippen molar-refractivity contribution >= 4 is 45.7 Å². The van der Waals surface area contributed by atoms with Crippen LogP contribution in [0.2, 0.25) is 0 Å². The average Bonchev–Trinajstić information content (AvgIpc) is 2.85. The van der Waals surface area contributed by atoms with E-state index in [1.54, 1.807) is 18.7 Å². The molecular weight excluding hydrogens is 302 g/mol. The van der Waals surface area contributed by atoms with Crippen molar-refractivity contribution in [2.75, 3.05) is 5.32 Å². The van der Waals surface area contributed by atoms with E-state index in [4.69, 9.17) is 11.6 Å². The van der Waals surface area contributed by atoms with Crippen LogP contribution >= 0.6 is 34.7 Å². The Morgan fingerprint density at radius 3 is 2.84 bits per heavy atom. The fourth-order valence-corrected chi connectivity index (χ4v) is 2.93. The minimum atomic E-state index is -0.578. The van der Waals surface area contributed by atoms with Crippen LogP contribution in [0.3, 0.4) is 0 Å². The largest absolute Gasteiger partial charge is 0.299 e. The molecule has 0 saturated carbocycles. The third-order valence-corrected chi connectivity index (χ3v) is 4.41. The molecule has 0 radical (unpaired) electrons. The Balaban J connectivity index is 1.89. The predicted octanol–water partition coefficient (Wildman–Crippen LogP) is 3.40. The van der Waals surface area contributed by atoms with Crippen LogP contribution in [0.5, 0.6) is 0 Å². The number of alkyl halides is 1. The molecule has 100 valence electrons. The number of amides is 1. The summed E-state index contributed by atoms with van der Waals surface area (Å²) in [6, 6.07) is 10.1. The van der Waals surface area contributed by atoms with E-state index in [2.05, 4.69) is 15.5 Å². The maximum atomic E-state index is 11.4. The van der Waals surface area contributed by atoms with Crippen LogP contribution in [0.4, 0.5) is 5.13 Å². The van der Waals surface area contributed by atoms with Crippen molar-refractivity contribution in [1.29, 1.82) is 0 Å².